The number of fused-ring (bicyclic) bond motifs is 1. The molecule has 3 heterocycles. The molecule has 1 aromatic heterocycles. The molecule has 2 fully saturated rings. The van der Waals surface area contributed by atoms with Crippen molar-refractivity contribution >= 4 is 29.1 Å². The first-order chi connectivity index (χ1) is 12.0. The minimum absolute atomic E-state index is 0.189. The third kappa shape index (κ3) is 2.60. The van der Waals surface area contributed by atoms with E-state index in [4.69, 9.17) is 4.74 Å². The number of nitrogens with one attached hydrogen (secondary N) is 1. The summed E-state index contributed by atoms with van der Waals surface area (Å²) in [6, 6.07) is 3.52. The SMILES string of the molecule is CCC[C@]1(C(=O)OCC)N[C@H](c2cccs2)[C@@H]2C(=O)N(CC)C(=O)[C@H]21. The van der Waals surface area contributed by atoms with Crippen LogP contribution in [0.4, 0.5) is 0 Å². The van der Waals surface area contributed by atoms with Gasteiger partial charge in [0.25, 0.3) is 0 Å². The molecule has 0 bridgehead atoms. The quantitative estimate of drug-likeness (QED) is 0.618. The Hall–Kier alpha value is -1.73. The Morgan fingerprint density at radius 2 is 2.08 bits per heavy atom. The predicted molar refractivity (Wildman–Crippen MR) is 93.8 cm³/mol. The topological polar surface area (TPSA) is 75.7 Å². The molecule has 2 aliphatic rings. The maximum atomic E-state index is 13.0. The van der Waals surface area contributed by atoms with Gasteiger partial charge in [-0.1, -0.05) is 19.4 Å². The van der Waals surface area contributed by atoms with E-state index in [1.54, 1.807) is 13.8 Å². The smallest absolute Gasteiger partial charge is 0.327 e. The van der Waals surface area contributed by atoms with E-state index in [9.17, 15) is 14.4 Å². The Morgan fingerprint density at radius 1 is 1.32 bits per heavy atom. The van der Waals surface area contributed by atoms with E-state index in [0.717, 1.165) is 4.88 Å². The summed E-state index contributed by atoms with van der Waals surface area (Å²) in [6.07, 6.45) is 1.17. The molecule has 0 radical (unpaired) electrons. The third-order valence-electron chi connectivity index (χ3n) is 5.20. The molecular weight excluding hydrogens is 340 g/mol. The van der Waals surface area contributed by atoms with Gasteiger partial charge in [0.05, 0.1) is 24.5 Å². The van der Waals surface area contributed by atoms with E-state index >= 15 is 0 Å². The lowest BCUT2D eigenvalue weighted by Crippen LogP contribution is -2.56. The number of carbonyl (C=O) groups is 3. The average Bonchev–Trinajstić information content (AvgIpc) is 3.26. The van der Waals surface area contributed by atoms with Crippen LogP contribution in [0.25, 0.3) is 0 Å². The maximum absolute atomic E-state index is 13.0. The first-order valence-corrected chi connectivity index (χ1v) is 9.73. The zero-order valence-corrected chi connectivity index (χ0v) is 15.6. The molecule has 0 aromatic carbocycles. The van der Waals surface area contributed by atoms with E-state index < -0.39 is 23.3 Å². The van der Waals surface area contributed by atoms with Crippen LogP contribution in [0.1, 0.15) is 44.5 Å². The highest BCUT2D eigenvalue weighted by molar-refractivity contribution is 7.10. The van der Waals surface area contributed by atoms with Crippen molar-refractivity contribution in [2.24, 2.45) is 11.8 Å². The van der Waals surface area contributed by atoms with E-state index in [1.807, 2.05) is 24.4 Å². The zero-order valence-electron chi connectivity index (χ0n) is 14.8. The third-order valence-corrected chi connectivity index (χ3v) is 6.15. The molecule has 2 aliphatic heterocycles. The van der Waals surface area contributed by atoms with E-state index in [0.29, 0.717) is 19.4 Å². The van der Waals surface area contributed by atoms with Crippen molar-refractivity contribution in [1.82, 2.24) is 10.2 Å². The average molecular weight is 364 g/mol. The Bertz CT molecular complexity index is 675. The Balaban J connectivity index is 2.11. The van der Waals surface area contributed by atoms with Gasteiger partial charge in [-0.3, -0.25) is 24.6 Å². The molecule has 3 rings (SSSR count). The van der Waals surface area contributed by atoms with Gasteiger partial charge in [0, 0.05) is 11.4 Å². The molecule has 1 N–H and O–H groups in total. The molecule has 1 aromatic rings. The summed E-state index contributed by atoms with van der Waals surface area (Å²) in [5.41, 5.74) is -1.14. The number of thiophene rings is 1. The molecule has 0 aliphatic carbocycles. The number of ether oxygens (including phenoxy) is 1. The maximum Gasteiger partial charge on any atom is 0.327 e. The van der Waals surface area contributed by atoms with Crippen LogP contribution in [-0.4, -0.2) is 41.4 Å². The van der Waals surface area contributed by atoms with E-state index in [2.05, 4.69) is 5.32 Å². The van der Waals surface area contributed by atoms with Gasteiger partial charge in [0.15, 0.2) is 0 Å². The molecule has 0 saturated carbocycles. The molecule has 2 amide bonds. The van der Waals surface area contributed by atoms with Crippen LogP contribution in [0, 0.1) is 11.8 Å². The van der Waals surface area contributed by atoms with Crippen molar-refractivity contribution in [1.29, 1.82) is 0 Å². The van der Waals surface area contributed by atoms with Crippen LogP contribution in [-0.2, 0) is 19.1 Å². The number of rotatable bonds is 6. The van der Waals surface area contributed by atoms with Crippen molar-refractivity contribution in [3.8, 4) is 0 Å². The van der Waals surface area contributed by atoms with Crippen molar-refractivity contribution in [3.63, 3.8) is 0 Å². The first-order valence-electron chi connectivity index (χ1n) is 8.85. The summed E-state index contributed by atoms with van der Waals surface area (Å²) < 4.78 is 5.33. The molecule has 25 heavy (non-hydrogen) atoms. The summed E-state index contributed by atoms with van der Waals surface area (Å²) in [7, 11) is 0. The summed E-state index contributed by atoms with van der Waals surface area (Å²) in [5, 5.41) is 5.31. The highest BCUT2D eigenvalue weighted by atomic mass is 32.1. The molecule has 6 nitrogen and oxygen atoms in total. The molecule has 0 spiro atoms. The summed E-state index contributed by atoms with van der Waals surface area (Å²) in [5.74, 6) is -2.13. The van der Waals surface area contributed by atoms with Crippen molar-refractivity contribution in [2.45, 2.75) is 45.2 Å². The van der Waals surface area contributed by atoms with Crippen LogP contribution in [0.5, 0.6) is 0 Å². The second-order valence-electron chi connectivity index (χ2n) is 6.50. The van der Waals surface area contributed by atoms with E-state index in [-0.39, 0.29) is 24.5 Å². The van der Waals surface area contributed by atoms with Crippen LogP contribution < -0.4 is 5.32 Å². The van der Waals surface area contributed by atoms with Gasteiger partial charge in [-0.2, -0.15) is 0 Å². The first kappa shape index (κ1) is 18.1. The number of nitrogens with zero attached hydrogens (tertiary/aromatic N) is 1. The largest absolute Gasteiger partial charge is 0.465 e. The number of hydrogen-bond acceptors (Lipinski definition) is 6. The van der Waals surface area contributed by atoms with Gasteiger partial charge in [0.2, 0.25) is 11.8 Å². The minimum atomic E-state index is -1.14. The van der Waals surface area contributed by atoms with Gasteiger partial charge in [-0.25, -0.2) is 0 Å². The van der Waals surface area contributed by atoms with Crippen LogP contribution >= 0.6 is 11.3 Å². The molecule has 2 saturated heterocycles. The molecule has 0 unspecified atom stereocenters. The van der Waals surface area contributed by atoms with Crippen LogP contribution in [0.3, 0.4) is 0 Å². The van der Waals surface area contributed by atoms with Gasteiger partial charge in [-0.05, 0) is 31.7 Å². The summed E-state index contributed by atoms with van der Waals surface area (Å²) in [4.78, 5) is 41.1. The molecule has 4 atom stereocenters. The van der Waals surface area contributed by atoms with E-state index in [1.165, 1.54) is 16.2 Å². The lowest BCUT2D eigenvalue weighted by molar-refractivity contribution is -0.156. The van der Waals surface area contributed by atoms with Crippen molar-refractivity contribution < 1.29 is 19.1 Å². The number of carbonyl (C=O) groups excluding carboxylic acids is 3. The molecule has 136 valence electrons. The number of likely N-dealkylation sites (tertiary alicyclic amines) is 1. The fourth-order valence-corrected chi connectivity index (χ4v) is 5.08. The van der Waals surface area contributed by atoms with Gasteiger partial charge in [-0.15, -0.1) is 11.3 Å². The molecular formula is C18H24N2O4S. The lowest BCUT2D eigenvalue weighted by atomic mass is 9.77. The van der Waals surface area contributed by atoms with Gasteiger partial charge >= 0.3 is 5.97 Å². The monoisotopic (exact) mass is 364 g/mol. The van der Waals surface area contributed by atoms with Crippen LogP contribution in [0.15, 0.2) is 17.5 Å². The number of amides is 2. The fraction of sp³-hybridized carbons (Fsp3) is 0.611. The van der Waals surface area contributed by atoms with Crippen molar-refractivity contribution in [2.75, 3.05) is 13.2 Å². The highest BCUT2D eigenvalue weighted by Crippen LogP contribution is 2.51. The second kappa shape index (κ2) is 6.88. The standard InChI is InChI=1S/C18H24N2O4S/c1-4-9-18(17(23)24-6-3)13-12(15(21)20(5-2)16(13)22)14(19-18)11-8-7-10-25-11/h7-8,10,12-14,19H,4-6,9H2,1-3H3/t12-,13+,14-,18+/m1/s1. The second-order valence-corrected chi connectivity index (χ2v) is 7.48. The fourth-order valence-electron chi connectivity index (χ4n) is 4.26. The van der Waals surface area contributed by atoms with Crippen molar-refractivity contribution in [3.05, 3.63) is 22.4 Å². The normalized spacial score (nSPS) is 31.5. The highest BCUT2D eigenvalue weighted by Gasteiger charge is 2.68. The number of esters is 1. The zero-order chi connectivity index (χ0) is 18.2. The lowest BCUT2D eigenvalue weighted by Gasteiger charge is -2.32. The summed E-state index contributed by atoms with van der Waals surface area (Å²) >= 11 is 1.53. The number of hydrogen-bond donors (Lipinski definition) is 1. The number of imide groups is 1. The van der Waals surface area contributed by atoms with Gasteiger partial charge < -0.3 is 4.74 Å². The van der Waals surface area contributed by atoms with Gasteiger partial charge in [0.1, 0.15) is 5.54 Å². The predicted octanol–water partition coefficient (Wildman–Crippen LogP) is 2.12. The Kier molecular flexibility index (Phi) is 4.97. The molecule has 7 heteroatoms. The summed E-state index contributed by atoms with van der Waals surface area (Å²) in [6.45, 7) is 6.07. The van der Waals surface area contributed by atoms with Crippen LogP contribution in [0.2, 0.25) is 0 Å². The minimum Gasteiger partial charge on any atom is -0.465 e. The Morgan fingerprint density at radius 3 is 2.64 bits per heavy atom. The Labute approximate surface area is 151 Å².